The van der Waals surface area contributed by atoms with Crippen LogP contribution in [0, 0.1) is 0 Å². The second kappa shape index (κ2) is 56.4. The Morgan fingerprint density at radius 2 is 0.689 bits per heavy atom. The van der Waals surface area contributed by atoms with Crippen LogP contribution in [-0.4, -0.2) is 66.5 Å². The molecule has 0 fully saturated rings. The molecule has 0 aliphatic carbocycles. The van der Waals surface area contributed by atoms with E-state index in [4.69, 9.17) is 23.3 Å². The monoisotopic (exact) mass is 1060 g/mol. The standard InChI is InChI=1S/C62H111O11P/c1-4-7-10-13-16-19-22-25-27-29-31-34-36-39-42-45-48-51-60(64)69-55-59(73-62(66)53-50-47-44-41-38-35-32-30-28-26-23-20-17-14-11-8-5-2)57-71-74(67,68)70-56-58(54-63)72-61(65)52-49-46-43-40-37-33-24-21-18-15-12-9-6-3/h12,15,17,20-21,24-28,58-59,63H,4-11,13-14,16,18-19,22-23,29-57H2,1-3H3,(H,67,68)/b15-12-,20-17-,24-21-,27-25-,28-26-. The third-order valence-electron chi connectivity index (χ3n) is 12.9. The molecule has 0 saturated carbocycles. The van der Waals surface area contributed by atoms with Gasteiger partial charge in [-0.15, -0.1) is 0 Å². The first-order chi connectivity index (χ1) is 36.2. The highest BCUT2D eigenvalue weighted by atomic mass is 31.2. The van der Waals surface area contributed by atoms with Crippen LogP contribution in [0.25, 0.3) is 0 Å². The van der Waals surface area contributed by atoms with Gasteiger partial charge in [0.1, 0.15) is 12.7 Å². The number of unbranched alkanes of at least 4 members (excludes halogenated alkanes) is 29. The first-order valence-corrected chi connectivity index (χ1v) is 31.7. The molecule has 0 rings (SSSR count). The van der Waals surface area contributed by atoms with E-state index in [2.05, 4.69) is 81.5 Å². The Labute approximate surface area is 453 Å². The molecule has 12 heteroatoms. The van der Waals surface area contributed by atoms with Crippen molar-refractivity contribution in [3.63, 3.8) is 0 Å². The van der Waals surface area contributed by atoms with Crippen LogP contribution < -0.4 is 0 Å². The molecule has 0 heterocycles. The number of allylic oxidation sites excluding steroid dienone is 10. The van der Waals surface area contributed by atoms with Crippen molar-refractivity contribution in [2.75, 3.05) is 26.4 Å². The molecule has 0 aromatic rings. The molecule has 0 saturated heterocycles. The Balaban J connectivity index is 4.74. The highest BCUT2D eigenvalue weighted by Crippen LogP contribution is 2.43. The molecule has 74 heavy (non-hydrogen) atoms. The average molecular weight is 1060 g/mol. The predicted molar refractivity (Wildman–Crippen MR) is 307 cm³/mol. The molecule has 0 aromatic carbocycles. The number of esters is 3. The van der Waals surface area contributed by atoms with Crippen molar-refractivity contribution in [2.45, 2.75) is 290 Å². The lowest BCUT2D eigenvalue weighted by molar-refractivity contribution is -0.161. The molecule has 0 aliphatic heterocycles. The van der Waals surface area contributed by atoms with Gasteiger partial charge in [-0.3, -0.25) is 23.4 Å². The summed E-state index contributed by atoms with van der Waals surface area (Å²) >= 11 is 0. The van der Waals surface area contributed by atoms with Gasteiger partial charge >= 0.3 is 25.7 Å². The van der Waals surface area contributed by atoms with Crippen LogP contribution in [0.15, 0.2) is 60.8 Å². The molecular weight excluding hydrogens is 952 g/mol. The van der Waals surface area contributed by atoms with E-state index < -0.39 is 57.8 Å². The summed E-state index contributed by atoms with van der Waals surface area (Å²) in [5.41, 5.74) is 0. The zero-order valence-electron chi connectivity index (χ0n) is 47.6. The van der Waals surface area contributed by atoms with Gasteiger partial charge in [-0.1, -0.05) is 216 Å². The summed E-state index contributed by atoms with van der Waals surface area (Å²) in [6, 6.07) is 0. The maximum Gasteiger partial charge on any atom is 0.472 e. The molecule has 0 aromatic heterocycles. The van der Waals surface area contributed by atoms with Crippen LogP contribution in [0.1, 0.15) is 278 Å². The van der Waals surface area contributed by atoms with Crippen LogP contribution in [0.4, 0.5) is 0 Å². The minimum Gasteiger partial charge on any atom is -0.462 e. The molecule has 0 radical (unpaired) electrons. The molecule has 0 bridgehead atoms. The fourth-order valence-electron chi connectivity index (χ4n) is 8.24. The van der Waals surface area contributed by atoms with Crippen molar-refractivity contribution in [2.24, 2.45) is 0 Å². The highest BCUT2D eigenvalue weighted by molar-refractivity contribution is 7.47. The number of ether oxygens (including phenoxy) is 3. The Bertz CT molecular complexity index is 1470. The van der Waals surface area contributed by atoms with Crippen molar-refractivity contribution in [3.8, 4) is 0 Å². The van der Waals surface area contributed by atoms with E-state index in [1.165, 1.54) is 109 Å². The molecule has 0 spiro atoms. The summed E-state index contributed by atoms with van der Waals surface area (Å²) in [4.78, 5) is 48.6. The highest BCUT2D eigenvalue weighted by Gasteiger charge is 2.28. The minimum absolute atomic E-state index is 0.157. The van der Waals surface area contributed by atoms with Crippen molar-refractivity contribution < 1.29 is 52.2 Å². The second-order valence-corrected chi connectivity index (χ2v) is 21.6. The lowest BCUT2D eigenvalue weighted by Crippen LogP contribution is -2.30. The maximum absolute atomic E-state index is 12.9. The summed E-state index contributed by atoms with van der Waals surface area (Å²) < 4.78 is 39.6. The SMILES string of the molecule is CCC/C=C\C/C=C\CCCCCCCC(=O)OC(CO)COP(=O)(O)OCC(COC(=O)CCCCCCCCC/C=C\CCCCCCCC)OC(=O)CCCCCCCCC/C=C\C/C=C\CCCCC. The van der Waals surface area contributed by atoms with Gasteiger partial charge in [0, 0.05) is 19.3 Å². The first-order valence-electron chi connectivity index (χ1n) is 30.2. The molecule has 3 unspecified atom stereocenters. The number of aliphatic hydroxyl groups excluding tert-OH is 1. The number of phosphoric ester groups is 1. The number of aliphatic hydroxyl groups is 1. The Morgan fingerprint density at radius 1 is 0.378 bits per heavy atom. The van der Waals surface area contributed by atoms with Gasteiger partial charge in [0.05, 0.1) is 19.8 Å². The van der Waals surface area contributed by atoms with E-state index in [9.17, 15) is 28.9 Å². The van der Waals surface area contributed by atoms with Gasteiger partial charge in [0.2, 0.25) is 0 Å². The Morgan fingerprint density at radius 3 is 1.09 bits per heavy atom. The average Bonchev–Trinajstić information content (AvgIpc) is 3.39. The fraction of sp³-hybridized carbons (Fsp3) is 0.790. The van der Waals surface area contributed by atoms with Crippen molar-refractivity contribution >= 4 is 25.7 Å². The number of rotatable bonds is 56. The summed E-state index contributed by atoms with van der Waals surface area (Å²) in [5, 5.41) is 9.81. The van der Waals surface area contributed by atoms with Gasteiger partial charge < -0.3 is 24.2 Å². The second-order valence-electron chi connectivity index (χ2n) is 20.2. The summed E-state index contributed by atoms with van der Waals surface area (Å²) in [5.74, 6) is -1.48. The lowest BCUT2D eigenvalue weighted by atomic mass is 10.1. The topological polar surface area (TPSA) is 155 Å². The normalized spacial score (nSPS) is 13.7. The quantitative estimate of drug-likeness (QED) is 0.0197. The van der Waals surface area contributed by atoms with Gasteiger partial charge in [0.15, 0.2) is 6.10 Å². The van der Waals surface area contributed by atoms with Crippen LogP contribution >= 0.6 is 7.82 Å². The summed E-state index contributed by atoms with van der Waals surface area (Å²) in [6.45, 7) is 4.55. The van der Waals surface area contributed by atoms with Crippen molar-refractivity contribution in [3.05, 3.63) is 60.8 Å². The third kappa shape index (κ3) is 54.0. The van der Waals surface area contributed by atoms with E-state index in [-0.39, 0.29) is 25.9 Å². The predicted octanol–water partition coefficient (Wildman–Crippen LogP) is 17.9. The molecule has 430 valence electrons. The zero-order chi connectivity index (χ0) is 54.1. The van der Waals surface area contributed by atoms with Crippen LogP contribution in [0.2, 0.25) is 0 Å². The van der Waals surface area contributed by atoms with Crippen molar-refractivity contribution in [1.82, 2.24) is 0 Å². The zero-order valence-corrected chi connectivity index (χ0v) is 48.5. The van der Waals surface area contributed by atoms with Crippen molar-refractivity contribution in [1.29, 1.82) is 0 Å². The molecule has 2 N–H and O–H groups in total. The van der Waals surface area contributed by atoms with Gasteiger partial charge in [-0.25, -0.2) is 4.57 Å². The lowest BCUT2D eigenvalue weighted by Gasteiger charge is -2.21. The van der Waals surface area contributed by atoms with E-state index in [1.807, 2.05) is 0 Å². The molecular formula is C62H111O11P. The molecule has 3 atom stereocenters. The smallest absolute Gasteiger partial charge is 0.462 e. The maximum atomic E-state index is 12.9. The van der Waals surface area contributed by atoms with E-state index in [0.717, 1.165) is 109 Å². The largest absolute Gasteiger partial charge is 0.472 e. The van der Waals surface area contributed by atoms with Gasteiger partial charge in [-0.2, -0.15) is 0 Å². The number of hydrogen-bond acceptors (Lipinski definition) is 10. The fourth-order valence-corrected chi connectivity index (χ4v) is 9.03. The van der Waals surface area contributed by atoms with E-state index in [1.54, 1.807) is 0 Å². The van der Waals surface area contributed by atoms with Gasteiger partial charge in [-0.05, 0) is 103 Å². The van der Waals surface area contributed by atoms with E-state index in [0.29, 0.717) is 19.3 Å². The van der Waals surface area contributed by atoms with Crippen LogP contribution in [-0.2, 0) is 42.2 Å². The first kappa shape index (κ1) is 71.2. The number of carbonyl (C=O) groups is 3. The number of carbonyl (C=O) groups excluding carboxylic acids is 3. The summed E-state index contributed by atoms with van der Waals surface area (Å²) in [7, 11) is -4.75. The third-order valence-corrected chi connectivity index (χ3v) is 13.8. The van der Waals surface area contributed by atoms with Crippen LogP contribution in [0.3, 0.4) is 0 Å². The Kier molecular flexibility index (Phi) is 54.2. The Hall–Kier alpha value is -2.82. The summed E-state index contributed by atoms with van der Waals surface area (Å²) in [6.07, 6.45) is 61.7. The van der Waals surface area contributed by atoms with Gasteiger partial charge in [0.25, 0.3) is 0 Å². The van der Waals surface area contributed by atoms with Crippen LogP contribution in [0.5, 0.6) is 0 Å². The number of hydrogen-bond donors (Lipinski definition) is 2. The van der Waals surface area contributed by atoms with E-state index >= 15 is 0 Å². The molecule has 11 nitrogen and oxygen atoms in total. The molecule has 0 amide bonds. The molecule has 0 aliphatic rings. The minimum atomic E-state index is -4.75. The number of phosphoric acid groups is 1.